The lowest BCUT2D eigenvalue weighted by Crippen LogP contribution is -2.33. The van der Waals surface area contributed by atoms with Gasteiger partial charge in [0.15, 0.2) is 17.2 Å². The quantitative estimate of drug-likeness (QED) is 0.176. The molecule has 7 heteroatoms. The third-order valence-corrected chi connectivity index (χ3v) is 12.5. The molecule has 13 rings (SSSR count). The zero-order chi connectivity index (χ0) is 40.8. The van der Waals surface area contributed by atoms with Crippen LogP contribution in [0.4, 0.5) is 17.1 Å². The van der Waals surface area contributed by atoms with Gasteiger partial charge in [-0.1, -0.05) is 109 Å². The van der Waals surface area contributed by atoms with Crippen molar-refractivity contribution < 1.29 is 9.47 Å². The summed E-state index contributed by atoms with van der Waals surface area (Å²) in [6.45, 7) is 0. The fourth-order valence-corrected chi connectivity index (χ4v) is 9.92. The average molecular weight is 796 g/mol. The molecule has 0 radical (unpaired) electrons. The van der Waals surface area contributed by atoms with Gasteiger partial charge in [-0.2, -0.15) is 0 Å². The van der Waals surface area contributed by atoms with Crippen LogP contribution in [-0.2, 0) is 5.41 Å². The molecular weight excluding hydrogens is 763 g/mol. The smallest absolute Gasteiger partial charge is 0.194 e. The van der Waals surface area contributed by atoms with E-state index in [9.17, 15) is 0 Å². The second kappa shape index (κ2) is 13.3. The lowest BCUT2D eigenvalue weighted by molar-refractivity contribution is 0.391. The molecule has 6 heterocycles. The van der Waals surface area contributed by atoms with Crippen molar-refractivity contribution in [3.63, 3.8) is 0 Å². The molecule has 6 aromatic carbocycles. The van der Waals surface area contributed by atoms with Crippen LogP contribution in [0.15, 0.2) is 201 Å². The van der Waals surface area contributed by atoms with Crippen LogP contribution < -0.4 is 14.4 Å². The fourth-order valence-electron chi connectivity index (χ4n) is 9.92. The minimum Gasteiger partial charge on any atom is -0.453 e. The Morgan fingerprint density at radius 1 is 0.419 bits per heavy atom. The largest absolute Gasteiger partial charge is 0.453 e. The molecule has 1 aliphatic carbocycles. The van der Waals surface area contributed by atoms with Gasteiger partial charge in [0, 0.05) is 58.0 Å². The van der Waals surface area contributed by atoms with Crippen molar-refractivity contribution >= 4 is 28.0 Å². The molecule has 0 fully saturated rings. The van der Waals surface area contributed by atoms with Crippen LogP contribution in [0.3, 0.4) is 0 Å². The zero-order valence-electron chi connectivity index (χ0n) is 33.1. The molecule has 290 valence electrons. The maximum absolute atomic E-state index is 7.08. The lowest BCUT2D eigenvalue weighted by atomic mass is 9.66. The number of benzene rings is 6. The van der Waals surface area contributed by atoms with Crippen molar-refractivity contribution in [1.82, 2.24) is 19.9 Å². The van der Waals surface area contributed by atoms with E-state index < -0.39 is 5.41 Å². The minimum atomic E-state index is -0.805. The van der Waals surface area contributed by atoms with Crippen molar-refractivity contribution in [3.8, 4) is 67.9 Å². The molecule has 0 bridgehead atoms. The molecule has 4 aromatic heterocycles. The van der Waals surface area contributed by atoms with E-state index in [1.54, 1.807) is 0 Å². The van der Waals surface area contributed by atoms with Crippen LogP contribution in [0.1, 0.15) is 22.3 Å². The number of hydrogen-bond donors (Lipinski definition) is 0. The van der Waals surface area contributed by atoms with Crippen LogP contribution >= 0.6 is 0 Å². The predicted octanol–water partition coefficient (Wildman–Crippen LogP) is 13.5. The molecule has 3 aliphatic rings. The van der Waals surface area contributed by atoms with Crippen LogP contribution in [0.5, 0.6) is 23.0 Å². The third kappa shape index (κ3) is 4.87. The van der Waals surface area contributed by atoms with E-state index in [0.29, 0.717) is 11.5 Å². The zero-order valence-corrected chi connectivity index (χ0v) is 33.1. The first-order chi connectivity index (χ1) is 30.8. The molecule has 1 unspecified atom stereocenters. The molecule has 62 heavy (non-hydrogen) atoms. The topological polar surface area (TPSA) is 73.3 Å². The van der Waals surface area contributed by atoms with Crippen LogP contribution in [-0.4, -0.2) is 19.9 Å². The summed E-state index contributed by atoms with van der Waals surface area (Å²) < 4.78 is 14.1. The number of rotatable bonds is 4. The molecule has 0 saturated carbocycles. The molecule has 7 nitrogen and oxygen atoms in total. The summed E-state index contributed by atoms with van der Waals surface area (Å²) in [7, 11) is 0. The van der Waals surface area contributed by atoms with Gasteiger partial charge in [0.2, 0.25) is 0 Å². The fraction of sp³-hybridized carbons (Fsp3) is 0.0182. The van der Waals surface area contributed by atoms with Gasteiger partial charge >= 0.3 is 0 Å². The van der Waals surface area contributed by atoms with Crippen LogP contribution in [0, 0.1) is 0 Å². The summed E-state index contributed by atoms with van der Waals surface area (Å²) in [4.78, 5) is 21.9. The van der Waals surface area contributed by atoms with Gasteiger partial charge in [-0.15, -0.1) is 0 Å². The average Bonchev–Trinajstić information content (AvgIpc) is 3.63. The van der Waals surface area contributed by atoms with Crippen molar-refractivity contribution in [2.24, 2.45) is 0 Å². The normalized spacial score (nSPS) is 15.1. The van der Waals surface area contributed by atoms with E-state index in [4.69, 9.17) is 24.4 Å². The lowest BCUT2D eigenvalue weighted by Gasteiger charge is -2.41. The minimum absolute atomic E-state index is 0.641. The second-order valence-corrected chi connectivity index (χ2v) is 15.8. The number of hydrogen-bond acceptors (Lipinski definition) is 7. The van der Waals surface area contributed by atoms with Crippen LogP contribution in [0.2, 0.25) is 0 Å². The Morgan fingerprint density at radius 2 is 1.11 bits per heavy atom. The highest BCUT2D eigenvalue weighted by molar-refractivity contribution is 5.97. The Morgan fingerprint density at radius 3 is 2.05 bits per heavy atom. The molecule has 1 spiro atoms. The first kappa shape index (κ1) is 34.4. The maximum Gasteiger partial charge on any atom is 0.194 e. The monoisotopic (exact) mass is 795 g/mol. The van der Waals surface area contributed by atoms with Crippen LogP contribution in [0.25, 0.3) is 55.8 Å². The second-order valence-electron chi connectivity index (χ2n) is 15.8. The van der Waals surface area contributed by atoms with Crippen molar-refractivity contribution in [1.29, 1.82) is 0 Å². The summed E-state index contributed by atoms with van der Waals surface area (Å²) in [5.74, 6) is 2.78. The molecular formula is C55H33N5O2. The number of aromatic nitrogens is 4. The highest BCUT2D eigenvalue weighted by Gasteiger charge is 2.54. The SMILES string of the molecule is c1cc(-c2ccc3c(n2)-c2ncccc2C32c3ccccc3Oc3c2ccc2c3Oc3ccccc3N2c2ccccc2-c2ccncc2)cc(-c2cccc3cccnc23)c1. The summed E-state index contributed by atoms with van der Waals surface area (Å²) in [5, 5.41) is 1.11. The predicted molar refractivity (Wildman–Crippen MR) is 244 cm³/mol. The van der Waals surface area contributed by atoms with E-state index in [1.807, 2.05) is 73.3 Å². The van der Waals surface area contributed by atoms with Gasteiger partial charge in [0.25, 0.3) is 0 Å². The van der Waals surface area contributed by atoms with Crippen molar-refractivity contribution in [2.45, 2.75) is 5.41 Å². The van der Waals surface area contributed by atoms with Gasteiger partial charge in [-0.25, -0.2) is 4.98 Å². The molecule has 0 N–H and O–H groups in total. The summed E-state index contributed by atoms with van der Waals surface area (Å²) >= 11 is 0. The summed E-state index contributed by atoms with van der Waals surface area (Å²) in [6.07, 6.45) is 7.38. The Hall–Kier alpha value is -8.42. The summed E-state index contributed by atoms with van der Waals surface area (Å²) in [6, 6.07) is 61.0. The van der Waals surface area contributed by atoms with E-state index in [-0.39, 0.29) is 0 Å². The maximum atomic E-state index is 7.08. The molecule has 10 aromatic rings. The number of para-hydroxylation sites is 5. The van der Waals surface area contributed by atoms with Gasteiger partial charge in [-0.3, -0.25) is 15.0 Å². The third-order valence-electron chi connectivity index (χ3n) is 12.5. The standard InChI is InChI=1S/C55H33N5O2/c1-3-19-45(38(15-1)34-27-31-56-32-28-34)60-46-20-4-6-22-49(46)62-54-47(60)26-24-43-53(54)61-48-21-5-2-17-40(48)55(43)41-18-10-30-58-51(41)52-42(55)23-25-44(59-52)37-13-7-12-36(33-37)39-16-8-11-35-14-9-29-57-50(35)39/h1-33H. The molecule has 2 aliphatic heterocycles. The van der Waals surface area contributed by atoms with E-state index in [0.717, 1.165) is 107 Å². The highest BCUT2D eigenvalue weighted by atomic mass is 16.5. The Labute approximate surface area is 357 Å². The van der Waals surface area contributed by atoms with Gasteiger partial charge in [0.05, 0.1) is 45.1 Å². The Bertz CT molecular complexity index is 3450. The van der Waals surface area contributed by atoms with E-state index in [1.165, 1.54) is 0 Å². The summed E-state index contributed by atoms with van der Waals surface area (Å²) in [5.41, 5.74) is 14.9. The Kier molecular flexibility index (Phi) is 7.39. The van der Waals surface area contributed by atoms with Crippen molar-refractivity contribution in [3.05, 3.63) is 223 Å². The number of ether oxygens (including phenoxy) is 2. The molecule has 0 amide bonds. The number of nitrogens with zero attached hydrogens (tertiary/aromatic N) is 5. The first-order valence-corrected chi connectivity index (χ1v) is 20.7. The van der Waals surface area contributed by atoms with Gasteiger partial charge < -0.3 is 14.4 Å². The van der Waals surface area contributed by atoms with Crippen molar-refractivity contribution in [2.75, 3.05) is 4.90 Å². The highest BCUT2D eigenvalue weighted by Crippen LogP contribution is 2.66. The number of fused-ring (bicyclic) bond motifs is 13. The first-order valence-electron chi connectivity index (χ1n) is 20.7. The van der Waals surface area contributed by atoms with Gasteiger partial charge in [0.1, 0.15) is 5.75 Å². The molecule has 1 atom stereocenters. The van der Waals surface area contributed by atoms with Gasteiger partial charge in [-0.05, 0) is 89.0 Å². The Balaban J connectivity index is 1.02. The van der Waals surface area contributed by atoms with E-state index in [2.05, 4.69) is 137 Å². The number of anilines is 3. The molecule has 0 saturated heterocycles. The van der Waals surface area contributed by atoms with E-state index >= 15 is 0 Å². The number of pyridine rings is 4.